The predicted molar refractivity (Wildman–Crippen MR) is 118 cm³/mol. The van der Waals surface area contributed by atoms with E-state index in [0.29, 0.717) is 19.4 Å². The molecule has 2 amide bonds. The molecule has 0 aliphatic heterocycles. The number of nitrogens with one attached hydrogen (secondary N) is 1. The van der Waals surface area contributed by atoms with E-state index >= 15 is 0 Å². The summed E-state index contributed by atoms with van der Waals surface area (Å²) < 4.78 is 6.37. The molecule has 0 aliphatic rings. The zero-order valence-corrected chi connectivity index (χ0v) is 18.5. The lowest BCUT2D eigenvalue weighted by Gasteiger charge is -2.27. The molecule has 0 bridgehead atoms. The highest BCUT2D eigenvalue weighted by Gasteiger charge is 2.27. The second-order valence-electron chi connectivity index (χ2n) is 7.86. The molecule has 2 heterocycles. The molecule has 10 heteroatoms. The van der Waals surface area contributed by atoms with E-state index in [1.165, 1.54) is 33.7 Å². The van der Waals surface area contributed by atoms with Crippen molar-refractivity contribution in [1.82, 2.24) is 14.5 Å². The molecule has 2 aromatic rings. The summed E-state index contributed by atoms with van der Waals surface area (Å²) in [7, 11) is 1.47. The number of hydrogen-bond donors (Lipinski definition) is 2. The highest BCUT2D eigenvalue weighted by Crippen LogP contribution is 2.19. The fourth-order valence-electron chi connectivity index (χ4n) is 3.07. The van der Waals surface area contributed by atoms with Crippen molar-refractivity contribution >= 4 is 23.3 Å². The monoisotopic (exact) mass is 433 g/mol. The summed E-state index contributed by atoms with van der Waals surface area (Å²) in [5, 5.41) is 0. The fraction of sp³-hybridized carbons (Fsp3) is 0.524. The third-order valence-corrected chi connectivity index (χ3v) is 4.90. The summed E-state index contributed by atoms with van der Waals surface area (Å²) >= 11 is 0. The maximum atomic E-state index is 13.2. The van der Waals surface area contributed by atoms with Crippen LogP contribution in [0, 0.1) is 5.92 Å². The second kappa shape index (κ2) is 10.6. The maximum Gasteiger partial charge on any atom is 0.330 e. The topological polar surface area (TPSA) is 135 Å². The van der Waals surface area contributed by atoms with Gasteiger partial charge in [-0.05, 0) is 30.9 Å². The highest BCUT2D eigenvalue weighted by atomic mass is 16.3. The van der Waals surface area contributed by atoms with Crippen LogP contribution in [0.1, 0.15) is 50.6 Å². The number of rotatable bonds is 10. The van der Waals surface area contributed by atoms with Gasteiger partial charge >= 0.3 is 5.69 Å². The number of amides is 2. The first kappa shape index (κ1) is 24.0. The van der Waals surface area contributed by atoms with Gasteiger partial charge in [0.05, 0.1) is 6.26 Å². The summed E-state index contributed by atoms with van der Waals surface area (Å²) in [4.78, 5) is 55.2. The Labute approximate surface area is 180 Å². The minimum absolute atomic E-state index is 0.0562. The van der Waals surface area contributed by atoms with Gasteiger partial charge in [-0.15, -0.1) is 0 Å². The third kappa shape index (κ3) is 5.87. The lowest BCUT2D eigenvalue weighted by atomic mass is 10.1. The zero-order chi connectivity index (χ0) is 23.1. The van der Waals surface area contributed by atoms with Gasteiger partial charge in [0.15, 0.2) is 11.4 Å². The van der Waals surface area contributed by atoms with Gasteiger partial charge < -0.3 is 20.0 Å². The number of furan rings is 1. The van der Waals surface area contributed by atoms with Crippen molar-refractivity contribution < 1.29 is 14.0 Å². The summed E-state index contributed by atoms with van der Waals surface area (Å²) in [6, 6.07) is 3.09. The van der Waals surface area contributed by atoms with Crippen molar-refractivity contribution in [2.45, 2.75) is 46.6 Å². The second-order valence-corrected chi connectivity index (χ2v) is 7.86. The molecule has 170 valence electrons. The number of nitrogens with two attached hydrogens (primary N) is 1. The molecule has 2 rings (SSSR count). The number of likely N-dealkylation sites (N-methyl/N-ethyl adjacent to an activating group) is 1. The number of unbranched alkanes of at least 4 members (excludes halogenated alkanes) is 1. The Balaban J connectivity index is 2.39. The normalized spacial score (nSPS) is 11.0. The van der Waals surface area contributed by atoms with Gasteiger partial charge in [-0.3, -0.25) is 23.9 Å². The number of nitrogen functional groups attached to an aromatic ring is 1. The molecule has 0 aromatic carbocycles. The number of aromatic nitrogens is 2. The molecular weight excluding hydrogens is 402 g/mol. The minimum Gasteiger partial charge on any atom is -0.459 e. The number of nitrogens with zero attached hydrogens (tertiary/aromatic N) is 3. The van der Waals surface area contributed by atoms with E-state index in [9.17, 15) is 19.2 Å². The van der Waals surface area contributed by atoms with Gasteiger partial charge in [0.2, 0.25) is 5.91 Å². The molecule has 0 saturated heterocycles. The molecule has 0 atom stereocenters. The van der Waals surface area contributed by atoms with Crippen molar-refractivity contribution in [3.8, 4) is 0 Å². The predicted octanol–water partition coefficient (Wildman–Crippen LogP) is 1.66. The molecule has 0 unspecified atom stereocenters. The number of hydrogen-bond acceptors (Lipinski definition) is 6. The van der Waals surface area contributed by atoms with E-state index in [-0.39, 0.29) is 36.3 Å². The van der Waals surface area contributed by atoms with E-state index in [1.807, 2.05) is 20.8 Å². The minimum atomic E-state index is -0.729. The van der Waals surface area contributed by atoms with Crippen LogP contribution in [0.4, 0.5) is 11.5 Å². The van der Waals surface area contributed by atoms with Crippen LogP contribution in [0.25, 0.3) is 0 Å². The summed E-state index contributed by atoms with van der Waals surface area (Å²) in [5.41, 5.74) is 4.78. The van der Waals surface area contributed by atoms with Crippen LogP contribution in [0.3, 0.4) is 0 Å². The van der Waals surface area contributed by atoms with Gasteiger partial charge in [0.1, 0.15) is 12.4 Å². The molecule has 10 nitrogen and oxygen atoms in total. The number of anilines is 2. The molecule has 31 heavy (non-hydrogen) atoms. The Bertz CT molecular complexity index is 1010. The van der Waals surface area contributed by atoms with Crippen LogP contribution in [0.15, 0.2) is 32.4 Å². The van der Waals surface area contributed by atoms with Crippen LogP contribution < -0.4 is 21.9 Å². The van der Waals surface area contributed by atoms with Crippen LogP contribution in [0.5, 0.6) is 0 Å². The molecular formula is C21H31N5O5. The third-order valence-electron chi connectivity index (χ3n) is 4.90. The van der Waals surface area contributed by atoms with Crippen molar-refractivity contribution in [1.29, 1.82) is 0 Å². The van der Waals surface area contributed by atoms with Crippen LogP contribution in [-0.4, -0.2) is 46.4 Å². The van der Waals surface area contributed by atoms with Gasteiger partial charge in [0, 0.05) is 20.1 Å². The lowest BCUT2D eigenvalue weighted by molar-refractivity contribution is -0.119. The lowest BCUT2D eigenvalue weighted by Crippen LogP contribution is -2.46. The zero-order valence-electron chi connectivity index (χ0n) is 18.5. The smallest absolute Gasteiger partial charge is 0.330 e. The Morgan fingerprint density at radius 3 is 2.58 bits per heavy atom. The number of carbonyl (C=O) groups is 2. The average Bonchev–Trinajstić information content (AvgIpc) is 3.23. The Hall–Kier alpha value is -3.30. The fourth-order valence-corrected chi connectivity index (χ4v) is 3.07. The molecule has 0 radical (unpaired) electrons. The van der Waals surface area contributed by atoms with Crippen LogP contribution in [-0.2, 0) is 11.3 Å². The standard InChI is InChI=1S/C21H31N5O5/c1-5-6-10-26-18(22)17(19(28)23-21(26)30)25(11-9-14(2)3)16(27)13-24(4)20(29)15-8-7-12-31-15/h7-8,12,14H,5-6,9-11,13,22H2,1-4H3,(H,23,28,30). The van der Waals surface area contributed by atoms with Crippen LogP contribution in [0.2, 0.25) is 0 Å². The molecule has 0 spiro atoms. The van der Waals surface area contributed by atoms with E-state index in [2.05, 4.69) is 4.98 Å². The van der Waals surface area contributed by atoms with E-state index in [1.54, 1.807) is 6.07 Å². The molecule has 3 N–H and O–H groups in total. The summed E-state index contributed by atoms with van der Waals surface area (Å²) in [6.07, 6.45) is 3.50. The molecule has 0 aliphatic carbocycles. The quantitative estimate of drug-likeness (QED) is 0.585. The molecule has 0 fully saturated rings. The first-order valence-electron chi connectivity index (χ1n) is 10.4. The summed E-state index contributed by atoms with van der Waals surface area (Å²) in [5.74, 6) is -0.643. The number of H-pyrrole nitrogens is 1. The van der Waals surface area contributed by atoms with E-state index < -0.39 is 23.1 Å². The first-order chi connectivity index (χ1) is 14.7. The van der Waals surface area contributed by atoms with Crippen molar-refractivity contribution in [3.63, 3.8) is 0 Å². The first-order valence-corrected chi connectivity index (χ1v) is 10.4. The van der Waals surface area contributed by atoms with Gasteiger partial charge in [-0.25, -0.2) is 4.79 Å². The summed E-state index contributed by atoms with van der Waals surface area (Å²) in [6.45, 7) is 6.21. The van der Waals surface area contributed by atoms with Gasteiger partial charge in [0.25, 0.3) is 11.5 Å². The van der Waals surface area contributed by atoms with Gasteiger partial charge in [-0.2, -0.15) is 0 Å². The number of carbonyl (C=O) groups excluding carboxylic acids is 2. The van der Waals surface area contributed by atoms with Crippen LogP contribution >= 0.6 is 0 Å². The molecule has 2 aromatic heterocycles. The van der Waals surface area contributed by atoms with Crippen molar-refractivity contribution in [3.05, 3.63) is 45.0 Å². The van der Waals surface area contributed by atoms with Crippen molar-refractivity contribution in [2.24, 2.45) is 5.92 Å². The van der Waals surface area contributed by atoms with Crippen molar-refractivity contribution in [2.75, 3.05) is 30.8 Å². The Kier molecular flexibility index (Phi) is 8.23. The highest BCUT2D eigenvalue weighted by molar-refractivity contribution is 6.00. The largest absolute Gasteiger partial charge is 0.459 e. The Morgan fingerprint density at radius 2 is 2.00 bits per heavy atom. The van der Waals surface area contributed by atoms with E-state index in [0.717, 1.165) is 6.42 Å². The maximum absolute atomic E-state index is 13.2. The SMILES string of the molecule is CCCCn1c(N)c(N(CCC(C)C)C(=O)CN(C)C(=O)c2ccco2)c(=O)[nH]c1=O. The number of aromatic amines is 1. The van der Waals surface area contributed by atoms with Gasteiger partial charge in [-0.1, -0.05) is 27.2 Å². The van der Waals surface area contributed by atoms with E-state index in [4.69, 9.17) is 10.2 Å². The molecule has 0 saturated carbocycles. The average molecular weight is 434 g/mol. The Morgan fingerprint density at radius 1 is 1.29 bits per heavy atom.